The molecule has 0 aliphatic heterocycles. The molecule has 32 heavy (non-hydrogen) atoms. The summed E-state index contributed by atoms with van der Waals surface area (Å²) in [4.78, 5) is 21.7. The van der Waals surface area contributed by atoms with Gasteiger partial charge in [-0.2, -0.15) is 0 Å². The summed E-state index contributed by atoms with van der Waals surface area (Å²) in [7, 11) is -3.77. The summed E-state index contributed by atoms with van der Waals surface area (Å²) in [6, 6.07) is 20.8. The third-order valence-electron chi connectivity index (χ3n) is 4.53. The molecule has 7 nitrogen and oxygen atoms in total. The van der Waals surface area contributed by atoms with Crippen LogP contribution in [-0.2, 0) is 10.0 Å². The van der Waals surface area contributed by atoms with Crippen molar-refractivity contribution >= 4 is 65.9 Å². The zero-order valence-corrected chi connectivity index (χ0v) is 19.7. The third kappa shape index (κ3) is 5.33. The number of Topliss-reactive ketones (excluding diaryl/α,β-unsaturated/α-hetero) is 1. The topological polar surface area (TPSA) is 115 Å². The number of fused-ring (bicyclic) bond motifs is 1. The van der Waals surface area contributed by atoms with E-state index in [0.29, 0.717) is 22.2 Å². The van der Waals surface area contributed by atoms with Gasteiger partial charge in [-0.25, -0.2) is 23.5 Å². The number of hydrogen-bond donors (Lipinski definition) is 2. The van der Waals surface area contributed by atoms with E-state index in [-0.39, 0.29) is 16.4 Å². The Hall–Kier alpha value is -2.79. The minimum Gasteiger partial charge on any atom is -0.340 e. The van der Waals surface area contributed by atoms with Gasteiger partial charge in [0.1, 0.15) is 5.82 Å². The molecule has 0 amide bonds. The fourth-order valence-corrected chi connectivity index (χ4v) is 4.45. The molecule has 0 fully saturated rings. The number of primary sulfonamides is 1. The number of carbonyl (C=O) groups is 1. The summed E-state index contributed by atoms with van der Waals surface area (Å²) in [5, 5.41) is 9.61. The van der Waals surface area contributed by atoms with Crippen molar-refractivity contribution in [3.63, 3.8) is 0 Å². The lowest BCUT2D eigenvalue weighted by Gasteiger charge is -2.11. The fourth-order valence-electron chi connectivity index (χ4n) is 2.93. The van der Waals surface area contributed by atoms with Gasteiger partial charge in [-0.15, -0.1) is 0 Å². The molecule has 4 aromatic rings. The normalized spacial score (nSPS) is 11.4. The summed E-state index contributed by atoms with van der Waals surface area (Å²) in [5.41, 5.74) is 1.99. The summed E-state index contributed by atoms with van der Waals surface area (Å²) in [6.07, 6.45) is 0. The van der Waals surface area contributed by atoms with Gasteiger partial charge < -0.3 is 5.32 Å². The first kappa shape index (κ1) is 22.4. The van der Waals surface area contributed by atoms with Crippen molar-refractivity contribution in [2.24, 2.45) is 5.14 Å². The maximum absolute atomic E-state index is 12.5. The Labute approximate surface area is 197 Å². The van der Waals surface area contributed by atoms with Gasteiger partial charge in [-0.05, 0) is 48.5 Å². The summed E-state index contributed by atoms with van der Waals surface area (Å²) < 4.78 is 23.9. The van der Waals surface area contributed by atoms with Crippen LogP contribution in [0.4, 0.5) is 11.5 Å². The van der Waals surface area contributed by atoms with E-state index in [1.165, 1.54) is 23.9 Å². The Bertz CT molecular complexity index is 1390. The second kappa shape index (κ2) is 9.37. The van der Waals surface area contributed by atoms with Crippen LogP contribution in [0.25, 0.3) is 10.9 Å². The van der Waals surface area contributed by atoms with Crippen molar-refractivity contribution < 1.29 is 13.2 Å². The maximum atomic E-state index is 12.5. The number of ketones is 1. The second-order valence-electron chi connectivity index (χ2n) is 6.79. The molecule has 0 bridgehead atoms. The number of aromatic nitrogens is 2. The quantitative estimate of drug-likeness (QED) is 0.202. The zero-order valence-electron chi connectivity index (χ0n) is 16.5. The summed E-state index contributed by atoms with van der Waals surface area (Å²) >= 11 is 4.62. The van der Waals surface area contributed by atoms with E-state index in [2.05, 4.69) is 31.2 Å². The third-order valence-corrected chi connectivity index (χ3v) is 6.83. The van der Waals surface area contributed by atoms with E-state index in [1.54, 1.807) is 24.3 Å². The average molecular weight is 529 g/mol. The number of thioether (sulfide) groups is 1. The second-order valence-corrected chi connectivity index (χ2v) is 10.2. The Kier molecular flexibility index (Phi) is 6.56. The summed E-state index contributed by atoms with van der Waals surface area (Å²) in [6.45, 7) is 0. The van der Waals surface area contributed by atoms with Gasteiger partial charge in [-0.1, -0.05) is 52.0 Å². The predicted molar refractivity (Wildman–Crippen MR) is 130 cm³/mol. The Balaban J connectivity index is 1.58. The highest BCUT2D eigenvalue weighted by Crippen LogP contribution is 2.27. The van der Waals surface area contributed by atoms with E-state index in [1.807, 2.05) is 36.4 Å². The molecule has 10 heteroatoms. The van der Waals surface area contributed by atoms with Crippen molar-refractivity contribution in [1.29, 1.82) is 0 Å². The van der Waals surface area contributed by atoms with Crippen molar-refractivity contribution in [1.82, 2.24) is 9.97 Å². The zero-order chi connectivity index (χ0) is 22.7. The number of hydrogen-bond acceptors (Lipinski definition) is 7. The lowest BCUT2D eigenvalue weighted by molar-refractivity contribution is 0.102. The number of benzene rings is 3. The molecule has 0 unspecified atom stereocenters. The minimum absolute atomic E-state index is 0.0210. The van der Waals surface area contributed by atoms with Gasteiger partial charge >= 0.3 is 0 Å². The van der Waals surface area contributed by atoms with Crippen LogP contribution in [0.5, 0.6) is 0 Å². The molecule has 0 aliphatic rings. The molecule has 4 rings (SSSR count). The van der Waals surface area contributed by atoms with Crippen LogP contribution in [-0.4, -0.2) is 29.9 Å². The van der Waals surface area contributed by atoms with E-state index in [4.69, 9.17) is 5.14 Å². The Morgan fingerprint density at radius 3 is 2.34 bits per heavy atom. The largest absolute Gasteiger partial charge is 0.340 e. The number of halogens is 1. The van der Waals surface area contributed by atoms with Crippen LogP contribution in [0, 0.1) is 0 Å². The number of nitrogens with two attached hydrogens (primary N) is 1. The highest BCUT2D eigenvalue weighted by molar-refractivity contribution is 9.10. The molecule has 0 aliphatic carbocycles. The van der Waals surface area contributed by atoms with Crippen LogP contribution in [0.1, 0.15) is 10.4 Å². The van der Waals surface area contributed by atoms with E-state index >= 15 is 0 Å². The molecule has 0 saturated carbocycles. The lowest BCUT2D eigenvalue weighted by Crippen LogP contribution is -2.11. The molecule has 3 N–H and O–H groups in total. The molecule has 0 radical (unpaired) electrons. The first-order valence-electron chi connectivity index (χ1n) is 9.38. The van der Waals surface area contributed by atoms with Crippen molar-refractivity contribution in [3.05, 3.63) is 82.8 Å². The monoisotopic (exact) mass is 528 g/mol. The first-order chi connectivity index (χ1) is 15.3. The highest BCUT2D eigenvalue weighted by atomic mass is 79.9. The average Bonchev–Trinajstić information content (AvgIpc) is 2.78. The molecular weight excluding hydrogens is 512 g/mol. The van der Waals surface area contributed by atoms with Gasteiger partial charge in [0, 0.05) is 21.1 Å². The highest BCUT2D eigenvalue weighted by Gasteiger charge is 2.13. The van der Waals surface area contributed by atoms with E-state index < -0.39 is 10.0 Å². The number of carbonyl (C=O) groups excluding carboxylic acids is 1. The van der Waals surface area contributed by atoms with Crippen molar-refractivity contribution in [3.8, 4) is 0 Å². The van der Waals surface area contributed by atoms with Crippen LogP contribution in [0.2, 0.25) is 0 Å². The Morgan fingerprint density at radius 1 is 0.969 bits per heavy atom. The molecule has 162 valence electrons. The minimum atomic E-state index is -3.77. The van der Waals surface area contributed by atoms with Gasteiger partial charge in [0.2, 0.25) is 10.0 Å². The smallest absolute Gasteiger partial charge is 0.238 e. The number of nitrogens with zero attached hydrogens (tertiary/aromatic N) is 2. The molecule has 0 atom stereocenters. The predicted octanol–water partition coefficient (Wildman–Crippen LogP) is 4.76. The fraction of sp³-hybridized carbons (Fsp3) is 0.0455. The van der Waals surface area contributed by atoms with Gasteiger partial charge in [0.15, 0.2) is 10.9 Å². The summed E-state index contributed by atoms with van der Waals surface area (Å²) in [5.74, 6) is 0.729. The van der Waals surface area contributed by atoms with Gasteiger partial charge in [0.05, 0.1) is 16.2 Å². The molecular formula is C22H17BrN4O3S2. The number of sulfonamides is 1. The van der Waals surface area contributed by atoms with Crippen LogP contribution < -0.4 is 10.5 Å². The molecule has 3 aromatic carbocycles. The van der Waals surface area contributed by atoms with Crippen molar-refractivity contribution in [2.75, 3.05) is 11.1 Å². The van der Waals surface area contributed by atoms with Crippen molar-refractivity contribution in [2.45, 2.75) is 10.1 Å². The van der Waals surface area contributed by atoms with Gasteiger partial charge in [0.25, 0.3) is 0 Å². The van der Waals surface area contributed by atoms with Gasteiger partial charge in [-0.3, -0.25) is 4.79 Å². The maximum Gasteiger partial charge on any atom is 0.238 e. The molecule has 0 saturated heterocycles. The van der Waals surface area contributed by atoms with Crippen LogP contribution >= 0.6 is 27.7 Å². The Morgan fingerprint density at radius 2 is 1.66 bits per heavy atom. The lowest BCUT2D eigenvalue weighted by atomic mass is 10.2. The number of anilines is 2. The molecule has 0 spiro atoms. The first-order valence-corrected chi connectivity index (χ1v) is 12.7. The van der Waals surface area contributed by atoms with Crippen LogP contribution in [0.15, 0.2) is 87.3 Å². The standard InChI is InChI=1S/C22H17BrN4O3S2/c23-15-7-5-14(6-8-15)20(28)13-31-22-26-19-4-2-1-3-18(19)21(27-22)25-16-9-11-17(12-10-16)32(24,29)30/h1-12H,13H2,(H2,24,29,30)(H,25,26,27). The number of para-hydroxylation sites is 1. The van der Waals surface area contributed by atoms with E-state index in [9.17, 15) is 13.2 Å². The molecule has 1 heterocycles. The number of nitrogens with one attached hydrogen (secondary N) is 1. The van der Waals surface area contributed by atoms with E-state index in [0.717, 1.165) is 15.4 Å². The van der Waals surface area contributed by atoms with Crippen LogP contribution in [0.3, 0.4) is 0 Å². The molecule has 1 aromatic heterocycles. The number of rotatable bonds is 7. The SMILES string of the molecule is NS(=O)(=O)c1ccc(Nc2nc(SCC(=O)c3ccc(Br)cc3)nc3ccccc23)cc1.